The number of hydrogen-bond donors (Lipinski definition) is 2. The average Bonchev–Trinajstić information content (AvgIpc) is 3.50. The zero-order valence-corrected chi connectivity index (χ0v) is 18.2. The van der Waals surface area contributed by atoms with Crippen molar-refractivity contribution >= 4 is 28.8 Å². The van der Waals surface area contributed by atoms with E-state index in [1.807, 2.05) is 12.1 Å². The molecule has 4 rings (SSSR count). The molecule has 0 aliphatic carbocycles. The van der Waals surface area contributed by atoms with Gasteiger partial charge in [0.25, 0.3) is 11.8 Å². The molecule has 7 heteroatoms. The molecule has 2 aromatic carbocycles. The fourth-order valence-corrected chi connectivity index (χ4v) is 4.28. The van der Waals surface area contributed by atoms with E-state index in [1.165, 1.54) is 16.9 Å². The van der Waals surface area contributed by atoms with Gasteiger partial charge in [-0.3, -0.25) is 9.59 Å². The molecule has 3 aromatic rings. The number of carbonyl (C=O) groups is 2. The van der Waals surface area contributed by atoms with Gasteiger partial charge in [-0.2, -0.15) is 0 Å². The Morgan fingerprint density at radius 1 is 1.13 bits per heavy atom. The van der Waals surface area contributed by atoms with Crippen molar-refractivity contribution in [2.45, 2.75) is 32.3 Å². The number of carbonyl (C=O) groups excluding carboxylic acids is 2. The number of aryl methyl sites for hydroxylation is 1. The van der Waals surface area contributed by atoms with Gasteiger partial charge in [-0.15, -0.1) is 11.3 Å². The van der Waals surface area contributed by atoms with Gasteiger partial charge in [0, 0.05) is 24.1 Å². The fourth-order valence-electron chi connectivity index (χ4n) is 3.48. The minimum absolute atomic E-state index is 0.0607. The van der Waals surface area contributed by atoms with Gasteiger partial charge in [0.15, 0.2) is 0 Å². The highest BCUT2D eigenvalue weighted by Crippen LogP contribution is 2.25. The van der Waals surface area contributed by atoms with E-state index in [-0.39, 0.29) is 17.9 Å². The van der Waals surface area contributed by atoms with Crippen LogP contribution >= 0.6 is 11.3 Å². The maximum atomic E-state index is 12.8. The fraction of sp³-hybridized carbons (Fsp3) is 0.292. The molecule has 1 aliphatic heterocycles. The van der Waals surface area contributed by atoms with Gasteiger partial charge in [-0.05, 0) is 37.0 Å². The van der Waals surface area contributed by atoms with Crippen molar-refractivity contribution in [1.29, 1.82) is 0 Å². The van der Waals surface area contributed by atoms with Crippen molar-refractivity contribution in [2.24, 2.45) is 0 Å². The monoisotopic (exact) mass is 435 g/mol. The number of thiazole rings is 1. The number of nitrogens with one attached hydrogen (secondary N) is 2. The quantitative estimate of drug-likeness (QED) is 0.571. The Labute approximate surface area is 185 Å². The van der Waals surface area contributed by atoms with Crippen LogP contribution in [-0.2, 0) is 11.2 Å². The summed E-state index contributed by atoms with van der Waals surface area (Å²) in [4.78, 5) is 29.9. The molecule has 6 nitrogen and oxygen atoms in total. The molecule has 1 fully saturated rings. The molecule has 1 atom stereocenters. The molecule has 2 heterocycles. The molecule has 0 spiro atoms. The number of rotatable bonds is 7. The summed E-state index contributed by atoms with van der Waals surface area (Å²) in [5, 5.41) is 8.25. The number of aromatic nitrogens is 1. The Morgan fingerprint density at radius 2 is 1.94 bits per heavy atom. The summed E-state index contributed by atoms with van der Waals surface area (Å²) in [5.41, 5.74) is 3.44. The second kappa shape index (κ2) is 9.85. The number of benzene rings is 2. The van der Waals surface area contributed by atoms with E-state index in [0.29, 0.717) is 23.5 Å². The smallest absolute Gasteiger partial charge is 0.275 e. The Bertz CT molecular complexity index is 1060. The molecule has 0 bridgehead atoms. The minimum atomic E-state index is -0.341. The number of ether oxygens (including phenoxy) is 1. The third-order valence-corrected chi connectivity index (χ3v) is 6.17. The molecule has 2 N–H and O–H groups in total. The van der Waals surface area contributed by atoms with Crippen LogP contribution in [0.15, 0.2) is 53.9 Å². The lowest BCUT2D eigenvalue weighted by Crippen LogP contribution is -2.32. The number of anilines is 1. The second-order valence-electron chi connectivity index (χ2n) is 7.43. The summed E-state index contributed by atoms with van der Waals surface area (Å²) in [6, 6.07) is 15.2. The van der Waals surface area contributed by atoms with Gasteiger partial charge in [-0.25, -0.2) is 4.98 Å². The van der Waals surface area contributed by atoms with E-state index >= 15 is 0 Å². The Balaban J connectivity index is 1.44. The SMILES string of the molecule is CCc1ccc(-c2nc(C(=O)Nc3ccccc3C(=O)NC[C@@H]3CCCO3)cs2)cc1. The lowest BCUT2D eigenvalue weighted by molar-refractivity contribution is 0.0858. The third-order valence-electron chi connectivity index (χ3n) is 5.28. The molecule has 0 saturated carbocycles. The lowest BCUT2D eigenvalue weighted by atomic mass is 10.1. The maximum absolute atomic E-state index is 12.8. The van der Waals surface area contributed by atoms with Crippen molar-refractivity contribution in [2.75, 3.05) is 18.5 Å². The summed E-state index contributed by atoms with van der Waals surface area (Å²) in [6.07, 6.45) is 3.01. The minimum Gasteiger partial charge on any atom is -0.376 e. The van der Waals surface area contributed by atoms with Gasteiger partial charge < -0.3 is 15.4 Å². The van der Waals surface area contributed by atoms with Crippen molar-refractivity contribution in [3.8, 4) is 10.6 Å². The first-order chi connectivity index (χ1) is 15.1. The standard InChI is InChI=1S/C24H25N3O3S/c1-2-16-9-11-17(12-10-16)24-27-21(15-31-24)23(29)26-20-8-4-3-7-19(20)22(28)25-14-18-6-5-13-30-18/h3-4,7-12,15,18H,2,5-6,13-14H2,1H3,(H,25,28)(H,26,29)/t18-/m0/s1. The van der Waals surface area contributed by atoms with E-state index in [0.717, 1.165) is 36.4 Å². The maximum Gasteiger partial charge on any atom is 0.275 e. The van der Waals surface area contributed by atoms with Crippen molar-refractivity contribution in [3.05, 3.63) is 70.7 Å². The first-order valence-electron chi connectivity index (χ1n) is 10.5. The lowest BCUT2D eigenvalue weighted by Gasteiger charge is -2.13. The van der Waals surface area contributed by atoms with Crippen LogP contribution in [0.4, 0.5) is 5.69 Å². The third kappa shape index (κ3) is 5.18. The van der Waals surface area contributed by atoms with Crippen LogP contribution in [0.5, 0.6) is 0 Å². The number of para-hydroxylation sites is 1. The van der Waals surface area contributed by atoms with E-state index in [9.17, 15) is 9.59 Å². The Morgan fingerprint density at radius 3 is 2.68 bits per heavy atom. The van der Waals surface area contributed by atoms with E-state index in [2.05, 4.69) is 34.7 Å². The molecular weight excluding hydrogens is 410 g/mol. The highest BCUT2D eigenvalue weighted by molar-refractivity contribution is 7.13. The predicted octanol–water partition coefficient (Wildman–Crippen LogP) is 4.53. The predicted molar refractivity (Wildman–Crippen MR) is 123 cm³/mol. The van der Waals surface area contributed by atoms with Crippen LogP contribution in [0, 0.1) is 0 Å². The molecule has 1 aliphatic rings. The van der Waals surface area contributed by atoms with Gasteiger partial charge >= 0.3 is 0 Å². The van der Waals surface area contributed by atoms with Gasteiger partial charge in [0.05, 0.1) is 17.4 Å². The summed E-state index contributed by atoms with van der Waals surface area (Å²) >= 11 is 1.42. The summed E-state index contributed by atoms with van der Waals surface area (Å²) in [6.45, 7) is 3.32. The molecule has 160 valence electrons. The summed E-state index contributed by atoms with van der Waals surface area (Å²) in [7, 11) is 0. The molecule has 0 unspecified atom stereocenters. The summed E-state index contributed by atoms with van der Waals surface area (Å²) < 4.78 is 5.55. The second-order valence-corrected chi connectivity index (χ2v) is 8.29. The topological polar surface area (TPSA) is 80.3 Å². The Hall–Kier alpha value is -3.03. The highest BCUT2D eigenvalue weighted by atomic mass is 32.1. The van der Waals surface area contributed by atoms with Crippen LogP contribution in [0.2, 0.25) is 0 Å². The van der Waals surface area contributed by atoms with Crippen LogP contribution in [0.25, 0.3) is 10.6 Å². The van der Waals surface area contributed by atoms with Gasteiger partial charge in [-0.1, -0.05) is 43.3 Å². The molecule has 0 radical (unpaired) electrons. The van der Waals surface area contributed by atoms with Crippen molar-refractivity contribution < 1.29 is 14.3 Å². The largest absolute Gasteiger partial charge is 0.376 e. The number of amides is 2. The van der Waals surface area contributed by atoms with E-state index < -0.39 is 0 Å². The number of hydrogen-bond acceptors (Lipinski definition) is 5. The van der Waals surface area contributed by atoms with Crippen molar-refractivity contribution in [1.82, 2.24) is 10.3 Å². The number of nitrogens with zero attached hydrogens (tertiary/aromatic N) is 1. The summed E-state index contributed by atoms with van der Waals surface area (Å²) in [5.74, 6) is -0.576. The highest BCUT2D eigenvalue weighted by Gasteiger charge is 2.19. The van der Waals surface area contributed by atoms with E-state index in [4.69, 9.17) is 4.74 Å². The molecule has 1 aromatic heterocycles. The molecule has 2 amide bonds. The first kappa shape index (κ1) is 21.2. The normalized spacial score (nSPS) is 15.6. The van der Waals surface area contributed by atoms with Gasteiger partial charge in [0.2, 0.25) is 0 Å². The molecular formula is C24H25N3O3S. The first-order valence-corrected chi connectivity index (χ1v) is 11.4. The Kier molecular flexibility index (Phi) is 6.74. The molecule has 1 saturated heterocycles. The van der Waals surface area contributed by atoms with E-state index in [1.54, 1.807) is 29.6 Å². The van der Waals surface area contributed by atoms with Crippen molar-refractivity contribution in [3.63, 3.8) is 0 Å². The van der Waals surface area contributed by atoms with Crippen LogP contribution in [0.3, 0.4) is 0 Å². The van der Waals surface area contributed by atoms with Gasteiger partial charge in [0.1, 0.15) is 10.7 Å². The van der Waals surface area contributed by atoms with Crippen LogP contribution < -0.4 is 10.6 Å². The van der Waals surface area contributed by atoms with Crippen LogP contribution in [0.1, 0.15) is 46.2 Å². The zero-order valence-electron chi connectivity index (χ0n) is 17.4. The zero-order chi connectivity index (χ0) is 21.6. The van der Waals surface area contributed by atoms with Crippen LogP contribution in [-0.4, -0.2) is 36.1 Å². The molecule has 31 heavy (non-hydrogen) atoms. The average molecular weight is 436 g/mol.